The van der Waals surface area contributed by atoms with Gasteiger partial charge in [0.2, 0.25) is 5.90 Å². The van der Waals surface area contributed by atoms with Crippen LogP contribution in [0.1, 0.15) is 33.1 Å². The Kier molecular flexibility index (Phi) is 5.92. The first-order chi connectivity index (χ1) is 4.85. The van der Waals surface area contributed by atoms with Crippen LogP contribution < -0.4 is 0 Å². The summed E-state index contributed by atoms with van der Waals surface area (Å²) in [5, 5.41) is 11.4. The van der Waals surface area contributed by atoms with Gasteiger partial charge in [-0.25, -0.2) is 0 Å². The monoisotopic (exact) mass is 145 g/mol. The molecule has 0 aromatic carbocycles. The average Bonchev–Trinajstić information content (AvgIpc) is 1.98. The largest absolute Gasteiger partial charge is 0.479 e. The third kappa shape index (κ3) is 4.18. The van der Waals surface area contributed by atoms with Gasteiger partial charge in [0.15, 0.2) is 0 Å². The van der Waals surface area contributed by atoms with Crippen molar-refractivity contribution >= 4 is 5.90 Å². The van der Waals surface area contributed by atoms with E-state index >= 15 is 0 Å². The van der Waals surface area contributed by atoms with Gasteiger partial charge in [-0.15, -0.1) is 0 Å². The van der Waals surface area contributed by atoms with Crippen molar-refractivity contribution in [1.82, 2.24) is 0 Å². The highest BCUT2D eigenvalue weighted by Gasteiger charge is 1.97. The van der Waals surface area contributed by atoms with Gasteiger partial charge in [-0.05, 0) is 13.3 Å². The Hall–Kier alpha value is -0.730. The van der Waals surface area contributed by atoms with Crippen LogP contribution in [-0.2, 0) is 4.74 Å². The highest BCUT2D eigenvalue weighted by Crippen LogP contribution is 1.97. The molecule has 0 aromatic heterocycles. The highest BCUT2D eigenvalue weighted by molar-refractivity contribution is 5.75. The van der Waals surface area contributed by atoms with Gasteiger partial charge in [0.05, 0.1) is 6.61 Å². The van der Waals surface area contributed by atoms with Gasteiger partial charge in [-0.3, -0.25) is 0 Å². The van der Waals surface area contributed by atoms with Gasteiger partial charge in [0.1, 0.15) is 0 Å². The Morgan fingerprint density at radius 3 is 2.60 bits per heavy atom. The van der Waals surface area contributed by atoms with E-state index in [-0.39, 0.29) is 0 Å². The van der Waals surface area contributed by atoms with Crippen molar-refractivity contribution in [2.45, 2.75) is 33.1 Å². The molecule has 0 atom stereocenters. The van der Waals surface area contributed by atoms with E-state index in [0.717, 1.165) is 19.3 Å². The molecule has 0 spiro atoms. The molecule has 0 aliphatic carbocycles. The number of nitrogens with zero attached hydrogens (tertiary/aromatic N) is 1. The van der Waals surface area contributed by atoms with Crippen LogP contribution in [0.5, 0.6) is 0 Å². The molecule has 0 saturated carbocycles. The van der Waals surface area contributed by atoms with Crippen LogP contribution in [-0.4, -0.2) is 17.7 Å². The zero-order chi connectivity index (χ0) is 7.82. The lowest BCUT2D eigenvalue weighted by molar-refractivity contribution is 0.256. The summed E-state index contributed by atoms with van der Waals surface area (Å²) >= 11 is 0. The summed E-state index contributed by atoms with van der Waals surface area (Å²) in [6.45, 7) is 4.53. The maximum Gasteiger partial charge on any atom is 0.225 e. The number of ether oxygens (including phenoxy) is 1. The molecule has 0 rings (SSSR count). The molecule has 0 bridgehead atoms. The fraction of sp³-hybridized carbons (Fsp3) is 0.857. The number of hydrogen-bond acceptors (Lipinski definition) is 3. The maximum absolute atomic E-state index is 8.35. The molecule has 0 amide bonds. The van der Waals surface area contributed by atoms with E-state index in [1.54, 1.807) is 0 Å². The fourth-order valence-electron chi connectivity index (χ4n) is 0.646. The number of oxime groups is 1. The second-order valence-electron chi connectivity index (χ2n) is 2.03. The molecule has 0 fully saturated rings. The van der Waals surface area contributed by atoms with E-state index in [2.05, 4.69) is 12.1 Å². The first kappa shape index (κ1) is 9.27. The van der Waals surface area contributed by atoms with E-state index < -0.39 is 0 Å². The molecule has 60 valence electrons. The summed E-state index contributed by atoms with van der Waals surface area (Å²) in [6, 6.07) is 0. The zero-order valence-electron chi connectivity index (χ0n) is 6.63. The molecule has 0 aliphatic heterocycles. The Morgan fingerprint density at radius 2 is 2.20 bits per heavy atom. The second-order valence-corrected chi connectivity index (χ2v) is 2.03. The Balaban J connectivity index is 3.41. The molecule has 0 radical (unpaired) electrons. The van der Waals surface area contributed by atoms with Gasteiger partial charge in [0, 0.05) is 6.42 Å². The molecular weight excluding hydrogens is 130 g/mol. The van der Waals surface area contributed by atoms with Crippen LogP contribution in [0.4, 0.5) is 0 Å². The van der Waals surface area contributed by atoms with Crippen LogP contribution in [0.25, 0.3) is 0 Å². The molecule has 0 aliphatic rings. The van der Waals surface area contributed by atoms with E-state index in [1.807, 2.05) is 6.92 Å². The quantitative estimate of drug-likeness (QED) is 0.284. The van der Waals surface area contributed by atoms with Crippen LogP contribution in [0, 0.1) is 0 Å². The van der Waals surface area contributed by atoms with Crippen LogP contribution in [0.3, 0.4) is 0 Å². The number of hydrogen-bond donors (Lipinski definition) is 1. The summed E-state index contributed by atoms with van der Waals surface area (Å²) in [5.41, 5.74) is 0. The molecule has 10 heavy (non-hydrogen) atoms. The van der Waals surface area contributed by atoms with Gasteiger partial charge in [0.25, 0.3) is 0 Å². The molecule has 0 aromatic rings. The average molecular weight is 145 g/mol. The van der Waals surface area contributed by atoms with Crippen molar-refractivity contribution in [3.63, 3.8) is 0 Å². The summed E-state index contributed by atoms with van der Waals surface area (Å²) in [4.78, 5) is 0. The molecule has 1 N–H and O–H groups in total. The highest BCUT2D eigenvalue weighted by atomic mass is 16.5. The first-order valence-electron chi connectivity index (χ1n) is 3.68. The Morgan fingerprint density at radius 1 is 1.50 bits per heavy atom. The molecule has 0 unspecified atom stereocenters. The van der Waals surface area contributed by atoms with Gasteiger partial charge < -0.3 is 9.94 Å². The normalized spacial score (nSPS) is 11.6. The predicted molar refractivity (Wildman–Crippen MR) is 40.4 cm³/mol. The summed E-state index contributed by atoms with van der Waals surface area (Å²) in [5.74, 6) is 0.448. The van der Waals surface area contributed by atoms with Crippen molar-refractivity contribution < 1.29 is 9.94 Å². The minimum atomic E-state index is 0.448. The molecule has 0 heterocycles. The summed E-state index contributed by atoms with van der Waals surface area (Å²) in [7, 11) is 0. The SMILES string of the molecule is CCCCC(=NO)OCC. The van der Waals surface area contributed by atoms with Crippen LogP contribution in [0.15, 0.2) is 5.16 Å². The first-order valence-corrected chi connectivity index (χ1v) is 3.68. The standard InChI is InChI=1S/C7H15NO2/c1-3-5-6-7(8-9)10-4-2/h9H,3-6H2,1-2H3. The van der Waals surface area contributed by atoms with Crippen molar-refractivity contribution in [3.8, 4) is 0 Å². The fourth-order valence-corrected chi connectivity index (χ4v) is 0.646. The van der Waals surface area contributed by atoms with Gasteiger partial charge in [-0.1, -0.05) is 18.5 Å². The van der Waals surface area contributed by atoms with E-state index in [9.17, 15) is 0 Å². The maximum atomic E-state index is 8.35. The van der Waals surface area contributed by atoms with E-state index in [0.29, 0.717) is 12.5 Å². The van der Waals surface area contributed by atoms with Crippen LogP contribution in [0.2, 0.25) is 0 Å². The zero-order valence-corrected chi connectivity index (χ0v) is 6.63. The Bertz CT molecular complexity index is 102. The van der Waals surface area contributed by atoms with Gasteiger partial charge in [-0.2, -0.15) is 0 Å². The molecule has 3 heteroatoms. The van der Waals surface area contributed by atoms with Crippen molar-refractivity contribution in [2.24, 2.45) is 5.16 Å². The second kappa shape index (κ2) is 6.39. The predicted octanol–water partition coefficient (Wildman–Crippen LogP) is 2.00. The molecule has 3 nitrogen and oxygen atoms in total. The third-order valence-electron chi connectivity index (χ3n) is 1.17. The lowest BCUT2D eigenvalue weighted by Crippen LogP contribution is -2.03. The lowest BCUT2D eigenvalue weighted by Gasteiger charge is -2.02. The smallest absolute Gasteiger partial charge is 0.225 e. The van der Waals surface area contributed by atoms with Crippen molar-refractivity contribution in [2.75, 3.05) is 6.61 Å². The van der Waals surface area contributed by atoms with Crippen molar-refractivity contribution in [3.05, 3.63) is 0 Å². The lowest BCUT2D eigenvalue weighted by atomic mass is 10.2. The summed E-state index contributed by atoms with van der Waals surface area (Å²) in [6.07, 6.45) is 2.84. The number of unbranched alkanes of at least 4 members (excludes halogenated alkanes) is 1. The molecular formula is C7H15NO2. The minimum Gasteiger partial charge on any atom is -0.479 e. The third-order valence-corrected chi connectivity index (χ3v) is 1.17. The number of rotatable bonds is 4. The van der Waals surface area contributed by atoms with Crippen LogP contribution >= 0.6 is 0 Å². The molecule has 0 saturated heterocycles. The topological polar surface area (TPSA) is 41.8 Å². The van der Waals surface area contributed by atoms with E-state index in [4.69, 9.17) is 9.94 Å². The van der Waals surface area contributed by atoms with Crippen molar-refractivity contribution in [1.29, 1.82) is 0 Å². The van der Waals surface area contributed by atoms with E-state index in [1.165, 1.54) is 0 Å². The van der Waals surface area contributed by atoms with Gasteiger partial charge >= 0.3 is 0 Å². The summed E-state index contributed by atoms with van der Waals surface area (Å²) < 4.78 is 4.99. The minimum absolute atomic E-state index is 0.448. The Labute approximate surface area is 61.7 Å².